The molecule has 2 aliphatic rings. The summed E-state index contributed by atoms with van der Waals surface area (Å²) in [6, 6.07) is 5.05. The van der Waals surface area contributed by atoms with Gasteiger partial charge in [0, 0.05) is 22.8 Å². The minimum atomic E-state index is -0.457. The van der Waals surface area contributed by atoms with Crippen LogP contribution in [0.25, 0.3) is 11.6 Å². The molecule has 0 fully saturated rings. The van der Waals surface area contributed by atoms with Gasteiger partial charge in [-0.1, -0.05) is 12.1 Å². The van der Waals surface area contributed by atoms with Crippen molar-refractivity contribution in [2.24, 2.45) is 0 Å². The first kappa shape index (κ1) is 10.7. The van der Waals surface area contributed by atoms with Crippen LogP contribution in [0.2, 0.25) is 0 Å². The Morgan fingerprint density at radius 3 is 2.67 bits per heavy atom. The summed E-state index contributed by atoms with van der Waals surface area (Å²) >= 11 is 0. The third-order valence-electron chi connectivity index (χ3n) is 3.11. The topological polar surface area (TPSA) is 66.8 Å². The van der Waals surface area contributed by atoms with Crippen molar-refractivity contribution in [1.29, 1.82) is 0 Å². The molecule has 3 rings (SSSR count). The summed E-state index contributed by atoms with van der Waals surface area (Å²) in [6.45, 7) is 0. The van der Waals surface area contributed by atoms with Crippen LogP contribution in [0.15, 0.2) is 41.4 Å². The lowest BCUT2D eigenvalue weighted by Crippen LogP contribution is -2.12. The fraction of sp³-hybridized carbons (Fsp3) is 0.0714. The van der Waals surface area contributed by atoms with Gasteiger partial charge in [0.25, 0.3) is 0 Å². The number of methoxy groups -OCH3 is 1. The van der Waals surface area contributed by atoms with E-state index in [2.05, 4.69) is 0 Å². The van der Waals surface area contributed by atoms with Crippen LogP contribution in [0.1, 0.15) is 11.1 Å². The van der Waals surface area contributed by atoms with E-state index in [-0.39, 0.29) is 11.5 Å². The van der Waals surface area contributed by atoms with Crippen molar-refractivity contribution in [3.05, 3.63) is 52.5 Å². The Bertz CT molecular complexity index is 662. The average molecular weight is 242 g/mol. The van der Waals surface area contributed by atoms with Crippen molar-refractivity contribution < 1.29 is 19.7 Å². The molecule has 4 nitrogen and oxygen atoms in total. The lowest BCUT2D eigenvalue weighted by atomic mass is 9.93. The van der Waals surface area contributed by atoms with E-state index < -0.39 is 5.78 Å². The lowest BCUT2D eigenvalue weighted by Gasteiger charge is -2.16. The molecule has 2 aliphatic carbocycles. The first-order valence-corrected chi connectivity index (χ1v) is 5.41. The van der Waals surface area contributed by atoms with E-state index in [9.17, 15) is 15.0 Å². The summed E-state index contributed by atoms with van der Waals surface area (Å²) in [6.07, 6.45) is 2.92. The highest BCUT2D eigenvalue weighted by Gasteiger charge is 2.34. The number of phenolic OH excluding ortho intramolecular Hbond substituents is 1. The number of carbonyl (C=O) groups is 1. The zero-order chi connectivity index (χ0) is 12.9. The molecule has 0 aromatic heterocycles. The Labute approximate surface area is 103 Å². The highest BCUT2D eigenvalue weighted by molar-refractivity contribution is 6.25. The number of carbonyl (C=O) groups excluding carboxylic acids is 1. The number of ketones is 1. The second-order valence-corrected chi connectivity index (χ2v) is 4.10. The SMILES string of the molecule is COC1=C2C(=Cc3cccc(O)c32)C(=O)C(O)=C1. The minimum absolute atomic E-state index is 0.0888. The first-order valence-electron chi connectivity index (χ1n) is 5.41. The maximum absolute atomic E-state index is 11.9. The van der Waals surface area contributed by atoms with Gasteiger partial charge < -0.3 is 14.9 Å². The average Bonchev–Trinajstić information content (AvgIpc) is 2.75. The molecule has 2 N–H and O–H groups in total. The molecule has 18 heavy (non-hydrogen) atoms. The van der Waals surface area contributed by atoms with Crippen LogP contribution >= 0.6 is 0 Å². The Morgan fingerprint density at radius 2 is 1.94 bits per heavy atom. The lowest BCUT2D eigenvalue weighted by molar-refractivity contribution is -0.114. The van der Waals surface area contributed by atoms with Crippen LogP contribution in [-0.2, 0) is 9.53 Å². The van der Waals surface area contributed by atoms with Gasteiger partial charge in [0.2, 0.25) is 5.78 Å². The van der Waals surface area contributed by atoms with Crippen molar-refractivity contribution in [3.63, 3.8) is 0 Å². The molecule has 0 spiro atoms. The predicted molar refractivity (Wildman–Crippen MR) is 65.7 cm³/mol. The van der Waals surface area contributed by atoms with Gasteiger partial charge >= 0.3 is 0 Å². The number of ether oxygens (including phenoxy) is 1. The molecule has 0 amide bonds. The van der Waals surface area contributed by atoms with Crippen LogP contribution in [0.4, 0.5) is 0 Å². The third kappa shape index (κ3) is 1.23. The molecule has 0 radical (unpaired) electrons. The molecule has 0 atom stereocenters. The van der Waals surface area contributed by atoms with Crippen LogP contribution in [0, 0.1) is 0 Å². The number of fused-ring (bicyclic) bond motifs is 3. The monoisotopic (exact) mass is 242 g/mol. The number of hydrogen-bond donors (Lipinski definition) is 2. The van der Waals surface area contributed by atoms with E-state index in [0.717, 1.165) is 5.56 Å². The van der Waals surface area contributed by atoms with E-state index in [4.69, 9.17) is 4.74 Å². The highest BCUT2D eigenvalue weighted by Crippen LogP contribution is 2.45. The Morgan fingerprint density at radius 1 is 1.17 bits per heavy atom. The molecule has 0 unspecified atom stereocenters. The number of phenols is 1. The second kappa shape index (κ2) is 3.50. The van der Waals surface area contributed by atoms with Crippen molar-refractivity contribution in [2.75, 3.05) is 7.11 Å². The smallest absolute Gasteiger partial charge is 0.228 e. The summed E-state index contributed by atoms with van der Waals surface area (Å²) in [5, 5.41) is 19.5. The molecule has 4 heteroatoms. The van der Waals surface area contributed by atoms with Crippen LogP contribution in [0.3, 0.4) is 0 Å². The van der Waals surface area contributed by atoms with Gasteiger partial charge in [-0.15, -0.1) is 0 Å². The molecule has 1 aromatic carbocycles. The Balaban J connectivity index is 2.35. The van der Waals surface area contributed by atoms with Gasteiger partial charge in [0.05, 0.1) is 7.11 Å². The normalized spacial score (nSPS) is 17.1. The molecule has 0 saturated heterocycles. The minimum Gasteiger partial charge on any atom is -0.507 e. The Hall–Kier alpha value is -2.49. The van der Waals surface area contributed by atoms with Gasteiger partial charge in [0.15, 0.2) is 5.76 Å². The molecule has 0 bridgehead atoms. The van der Waals surface area contributed by atoms with Crippen molar-refractivity contribution in [1.82, 2.24) is 0 Å². The van der Waals surface area contributed by atoms with Gasteiger partial charge in [0.1, 0.15) is 11.5 Å². The molecule has 0 aliphatic heterocycles. The van der Waals surface area contributed by atoms with Crippen molar-refractivity contribution >= 4 is 17.4 Å². The summed E-state index contributed by atoms with van der Waals surface area (Å²) in [5.41, 5.74) is 2.20. The van der Waals surface area contributed by atoms with Gasteiger partial charge in [-0.05, 0) is 17.7 Å². The van der Waals surface area contributed by atoms with Gasteiger partial charge in [-0.25, -0.2) is 0 Å². The van der Waals surface area contributed by atoms with Crippen LogP contribution in [0.5, 0.6) is 5.75 Å². The van der Waals surface area contributed by atoms with Crippen LogP contribution in [-0.4, -0.2) is 23.1 Å². The fourth-order valence-corrected chi connectivity index (χ4v) is 2.31. The number of aliphatic hydroxyl groups is 1. The van der Waals surface area contributed by atoms with E-state index >= 15 is 0 Å². The molecular formula is C14H10O4. The van der Waals surface area contributed by atoms with Gasteiger partial charge in [-0.3, -0.25) is 4.79 Å². The van der Waals surface area contributed by atoms with E-state index in [0.29, 0.717) is 22.5 Å². The molecule has 0 saturated carbocycles. The van der Waals surface area contributed by atoms with E-state index in [1.54, 1.807) is 24.3 Å². The highest BCUT2D eigenvalue weighted by atomic mass is 16.5. The molecule has 1 aromatic rings. The standard InChI is InChI=1S/C14H10O4/c1-18-11-6-10(16)14(17)8-5-7-3-2-4-9(15)12(7)13(8)11/h2-6,15-16H,1H3. The third-order valence-corrected chi connectivity index (χ3v) is 3.11. The Kier molecular flexibility index (Phi) is 2.07. The largest absolute Gasteiger partial charge is 0.507 e. The number of aliphatic hydroxyl groups excluding tert-OH is 1. The zero-order valence-electron chi connectivity index (χ0n) is 9.60. The van der Waals surface area contributed by atoms with Crippen molar-refractivity contribution in [3.8, 4) is 5.75 Å². The zero-order valence-corrected chi connectivity index (χ0v) is 9.60. The van der Waals surface area contributed by atoms with E-state index in [1.165, 1.54) is 13.2 Å². The molecule has 0 heterocycles. The molecule has 90 valence electrons. The van der Waals surface area contributed by atoms with E-state index in [1.807, 2.05) is 0 Å². The number of allylic oxidation sites excluding steroid dienone is 3. The second-order valence-electron chi connectivity index (χ2n) is 4.10. The predicted octanol–water partition coefficient (Wildman–Crippen LogP) is 2.17. The summed E-state index contributed by atoms with van der Waals surface area (Å²) < 4.78 is 5.17. The summed E-state index contributed by atoms with van der Waals surface area (Å²) in [7, 11) is 1.46. The maximum Gasteiger partial charge on any atom is 0.228 e. The maximum atomic E-state index is 11.9. The number of aromatic hydroxyl groups is 1. The quantitative estimate of drug-likeness (QED) is 0.792. The number of benzene rings is 1. The molecular weight excluding hydrogens is 232 g/mol. The van der Waals surface area contributed by atoms with Crippen molar-refractivity contribution in [2.45, 2.75) is 0 Å². The first-order chi connectivity index (χ1) is 8.63. The van der Waals surface area contributed by atoms with Gasteiger partial charge in [-0.2, -0.15) is 0 Å². The fourth-order valence-electron chi connectivity index (χ4n) is 2.31. The summed E-state index contributed by atoms with van der Waals surface area (Å²) in [5.74, 6) is -0.347. The summed E-state index contributed by atoms with van der Waals surface area (Å²) in [4.78, 5) is 11.9. The number of rotatable bonds is 1. The van der Waals surface area contributed by atoms with Crippen LogP contribution < -0.4 is 0 Å². The number of Topliss-reactive ketones (excluding diaryl/α,β-unsaturated/α-hetero) is 1. The number of hydrogen-bond acceptors (Lipinski definition) is 4.